The molecule has 0 fully saturated rings. The van der Waals surface area contributed by atoms with Gasteiger partial charge in [0.25, 0.3) is 0 Å². The summed E-state index contributed by atoms with van der Waals surface area (Å²) in [6, 6.07) is 0. The Balaban J connectivity index is 4.27. The topological polar surface area (TPSA) is 78.9 Å². The molecule has 0 aromatic rings. The Bertz CT molecular complexity index is 1010. The normalized spacial score (nSPS) is 11.9. The molecule has 0 rings (SSSR count). The van der Waals surface area contributed by atoms with Gasteiger partial charge in [-0.2, -0.15) is 0 Å². The van der Waals surface area contributed by atoms with E-state index >= 15 is 0 Å². The van der Waals surface area contributed by atoms with Gasteiger partial charge in [0.15, 0.2) is 6.10 Å². The molecule has 0 unspecified atom stereocenters. The number of ether oxygens (including phenoxy) is 3. The van der Waals surface area contributed by atoms with Crippen LogP contribution >= 0.6 is 0 Å². The molecule has 0 spiro atoms. The highest BCUT2D eigenvalue weighted by atomic mass is 16.6. The fourth-order valence-corrected chi connectivity index (χ4v) is 9.68. The molecule has 6 heteroatoms. The molecule has 0 aliphatic heterocycles. The monoisotopic (exact) mass is 961 g/mol. The van der Waals surface area contributed by atoms with Crippen molar-refractivity contribution in [2.24, 2.45) is 0 Å². The third-order valence-corrected chi connectivity index (χ3v) is 14.4. The molecule has 0 N–H and O–H groups in total. The van der Waals surface area contributed by atoms with Gasteiger partial charge in [0.2, 0.25) is 0 Å². The van der Waals surface area contributed by atoms with Crippen LogP contribution in [0.15, 0.2) is 0 Å². The Morgan fingerprint density at radius 2 is 0.397 bits per heavy atom. The van der Waals surface area contributed by atoms with Gasteiger partial charge < -0.3 is 14.2 Å². The summed E-state index contributed by atoms with van der Waals surface area (Å²) in [4.78, 5) is 38.2. The zero-order valence-corrected chi connectivity index (χ0v) is 46.4. The smallest absolute Gasteiger partial charge is 0.306 e. The standard InChI is InChI=1S/C62H120O6/c1-4-7-10-13-16-19-22-25-28-30-32-34-37-40-43-46-49-52-55-61(64)67-58-59(57-66-60(63)54-51-48-45-42-39-36-27-24-21-18-15-12-9-6-3)68-62(65)56-53-50-47-44-41-38-35-33-31-29-26-23-20-17-14-11-8-5-2/h59H,4-58H2,1-3H3/t59-/m0/s1. The number of rotatable bonds is 58. The molecular formula is C62H120O6. The molecule has 0 saturated carbocycles. The minimum atomic E-state index is -0.761. The fourth-order valence-electron chi connectivity index (χ4n) is 9.68. The van der Waals surface area contributed by atoms with E-state index in [1.807, 2.05) is 0 Å². The first-order valence-electron chi connectivity index (χ1n) is 31.0. The van der Waals surface area contributed by atoms with Crippen LogP contribution in [-0.4, -0.2) is 37.2 Å². The van der Waals surface area contributed by atoms with Gasteiger partial charge in [-0.3, -0.25) is 14.4 Å². The van der Waals surface area contributed by atoms with Gasteiger partial charge in [0.1, 0.15) is 13.2 Å². The SMILES string of the molecule is CCCCCCCCCCCCCCCCCCCCC(=O)OC[C@H](COC(=O)CCCCCCCCCCCCCCCC)OC(=O)CCCCCCCCCCCCCCCCCCCC. The third-order valence-electron chi connectivity index (χ3n) is 14.4. The Morgan fingerprint density at radius 1 is 0.235 bits per heavy atom. The summed E-state index contributed by atoms with van der Waals surface area (Å²) in [5.41, 5.74) is 0. The summed E-state index contributed by atoms with van der Waals surface area (Å²) in [6.07, 6.45) is 65.3. The molecule has 0 bridgehead atoms. The van der Waals surface area contributed by atoms with Gasteiger partial charge in [0.05, 0.1) is 0 Å². The van der Waals surface area contributed by atoms with Crippen molar-refractivity contribution in [2.45, 2.75) is 367 Å². The van der Waals surface area contributed by atoms with Crippen LogP contribution in [-0.2, 0) is 28.6 Å². The number of hydrogen-bond acceptors (Lipinski definition) is 6. The summed E-state index contributed by atoms with van der Waals surface area (Å²) in [5.74, 6) is -0.826. The van der Waals surface area contributed by atoms with E-state index < -0.39 is 6.10 Å². The lowest BCUT2D eigenvalue weighted by molar-refractivity contribution is -0.167. The highest BCUT2D eigenvalue weighted by Crippen LogP contribution is 2.18. The molecule has 0 aliphatic carbocycles. The Hall–Kier alpha value is -1.59. The minimum absolute atomic E-state index is 0.0606. The van der Waals surface area contributed by atoms with Crippen LogP contribution in [0.3, 0.4) is 0 Å². The van der Waals surface area contributed by atoms with Crippen molar-refractivity contribution in [1.29, 1.82) is 0 Å². The van der Waals surface area contributed by atoms with Crippen molar-refractivity contribution in [2.75, 3.05) is 13.2 Å². The summed E-state index contributed by atoms with van der Waals surface area (Å²) in [6.45, 7) is 6.72. The van der Waals surface area contributed by atoms with Crippen LogP contribution in [0.1, 0.15) is 361 Å². The van der Waals surface area contributed by atoms with Gasteiger partial charge in [-0.15, -0.1) is 0 Å². The van der Waals surface area contributed by atoms with E-state index in [1.165, 1.54) is 263 Å². The fraction of sp³-hybridized carbons (Fsp3) is 0.952. The molecule has 0 aliphatic rings. The highest BCUT2D eigenvalue weighted by molar-refractivity contribution is 5.71. The van der Waals surface area contributed by atoms with E-state index in [0.29, 0.717) is 19.3 Å². The zero-order valence-electron chi connectivity index (χ0n) is 46.4. The maximum absolute atomic E-state index is 12.9. The van der Waals surface area contributed by atoms with E-state index in [-0.39, 0.29) is 31.1 Å². The first-order valence-corrected chi connectivity index (χ1v) is 31.0. The average molecular weight is 962 g/mol. The van der Waals surface area contributed by atoms with Gasteiger partial charge in [0, 0.05) is 19.3 Å². The minimum Gasteiger partial charge on any atom is -0.462 e. The second-order valence-corrected chi connectivity index (χ2v) is 21.3. The first-order chi connectivity index (χ1) is 33.5. The van der Waals surface area contributed by atoms with Crippen molar-refractivity contribution in [3.63, 3.8) is 0 Å². The number of unbranched alkanes of at least 4 members (excludes halogenated alkanes) is 47. The molecule has 0 radical (unpaired) electrons. The maximum Gasteiger partial charge on any atom is 0.306 e. The van der Waals surface area contributed by atoms with E-state index in [4.69, 9.17) is 14.2 Å². The van der Waals surface area contributed by atoms with Crippen molar-refractivity contribution in [1.82, 2.24) is 0 Å². The highest BCUT2D eigenvalue weighted by Gasteiger charge is 2.19. The molecule has 0 amide bonds. The number of carbonyl (C=O) groups excluding carboxylic acids is 3. The van der Waals surface area contributed by atoms with E-state index in [9.17, 15) is 14.4 Å². The molecule has 0 aromatic carbocycles. The molecular weight excluding hydrogens is 841 g/mol. The van der Waals surface area contributed by atoms with Crippen LogP contribution in [0.2, 0.25) is 0 Å². The first kappa shape index (κ1) is 66.4. The number of carbonyl (C=O) groups is 3. The largest absolute Gasteiger partial charge is 0.462 e. The van der Waals surface area contributed by atoms with Gasteiger partial charge in [-0.25, -0.2) is 0 Å². The molecule has 0 saturated heterocycles. The van der Waals surface area contributed by atoms with Gasteiger partial charge >= 0.3 is 17.9 Å². The number of hydrogen-bond donors (Lipinski definition) is 0. The van der Waals surface area contributed by atoms with E-state index in [0.717, 1.165) is 57.8 Å². The number of esters is 3. The summed E-state index contributed by atoms with van der Waals surface area (Å²) < 4.78 is 16.9. The predicted octanol–water partition coefficient (Wildman–Crippen LogP) is 20.7. The molecule has 68 heavy (non-hydrogen) atoms. The lowest BCUT2D eigenvalue weighted by Gasteiger charge is -2.18. The second-order valence-electron chi connectivity index (χ2n) is 21.3. The van der Waals surface area contributed by atoms with Gasteiger partial charge in [-0.1, -0.05) is 323 Å². The Kier molecular flexibility index (Phi) is 56.6. The van der Waals surface area contributed by atoms with Crippen LogP contribution in [0.4, 0.5) is 0 Å². The van der Waals surface area contributed by atoms with E-state index in [1.54, 1.807) is 0 Å². The molecule has 6 nitrogen and oxygen atoms in total. The van der Waals surface area contributed by atoms with Crippen LogP contribution in [0.25, 0.3) is 0 Å². The average Bonchev–Trinajstić information content (AvgIpc) is 3.34. The Morgan fingerprint density at radius 3 is 0.588 bits per heavy atom. The summed E-state index contributed by atoms with van der Waals surface area (Å²) in [7, 11) is 0. The van der Waals surface area contributed by atoms with Gasteiger partial charge in [-0.05, 0) is 19.3 Å². The van der Waals surface area contributed by atoms with Crippen molar-refractivity contribution in [3.8, 4) is 0 Å². The molecule has 0 aromatic heterocycles. The third kappa shape index (κ3) is 55.3. The zero-order chi connectivity index (χ0) is 49.3. The second kappa shape index (κ2) is 58.0. The van der Waals surface area contributed by atoms with Crippen molar-refractivity contribution >= 4 is 17.9 Å². The van der Waals surface area contributed by atoms with Crippen molar-refractivity contribution < 1.29 is 28.6 Å². The maximum atomic E-state index is 12.9. The summed E-state index contributed by atoms with van der Waals surface area (Å²) in [5, 5.41) is 0. The van der Waals surface area contributed by atoms with E-state index in [2.05, 4.69) is 20.8 Å². The Labute approximate surface area is 425 Å². The van der Waals surface area contributed by atoms with Crippen LogP contribution < -0.4 is 0 Å². The quantitative estimate of drug-likeness (QED) is 0.0343. The molecule has 1 atom stereocenters. The van der Waals surface area contributed by atoms with Crippen LogP contribution in [0.5, 0.6) is 0 Å². The van der Waals surface area contributed by atoms with Crippen molar-refractivity contribution in [3.05, 3.63) is 0 Å². The van der Waals surface area contributed by atoms with Crippen LogP contribution in [0, 0.1) is 0 Å². The molecule has 0 heterocycles. The molecule has 404 valence electrons. The lowest BCUT2D eigenvalue weighted by atomic mass is 10.0. The summed E-state index contributed by atoms with van der Waals surface area (Å²) >= 11 is 0. The lowest BCUT2D eigenvalue weighted by Crippen LogP contribution is -2.30. The predicted molar refractivity (Wildman–Crippen MR) is 294 cm³/mol.